The summed E-state index contributed by atoms with van der Waals surface area (Å²) >= 11 is 0. The molecule has 2 aromatic rings. The summed E-state index contributed by atoms with van der Waals surface area (Å²) in [6.07, 6.45) is -2.96. The minimum absolute atomic E-state index is 0.122. The Morgan fingerprint density at radius 2 is 2.13 bits per heavy atom. The summed E-state index contributed by atoms with van der Waals surface area (Å²) in [6.45, 7) is 3.53. The van der Waals surface area contributed by atoms with Crippen molar-refractivity contribution in [1.29, 1.82) is 0 Å². The van der Waals surface area contributed by atoms with E-state index in [1.54, 1.807) is 13.1 Å². The van der Waals surface area contributed by atoms with Crippen LogP contribution in [0.15, 0.2) is 17.1 Å². The molecule has 3 rings (SSSR count). The highest BCUT2D eigenvalue weighted by atomic mass is 19.1. The predicted molar refractivity (Wildman–Crippen MR) is 103 cm³/mol. The van der Waals surface area contributed by atoms with Gasteiger partial charge in [0, 0.05) is 13.2 Å². The van der Waals surface area contributed by atoms with E-state index in [0.29, 0.717) is 5.69 Å². The number of carbonyl (C=O) groups is 1. The summed E-state index contributed by atoms with van der Waals surface area (Å²) in [5.74, 6) is -1.75. The number of ether oxygens (including phenoxy) is 1. The van der Waals surface area contributed by atoms with Gasteiger partial charge in [-0.05, 0) is 12.0 Å². The zero-order valence-corrected chi connectivity index (χ0v) is 16.8. The van der Waals surface area contributed by atoms with Crippen LogP contribution in [0.2, 0.25) is 0 Å². The van der Waals surface area contributed by atoms with E-state index in [2.05, 4.69) is 15.4 Å². The van der Waals surface area contributed by atoms with Gasteiger partial charge in [-0.25, -0.2) is 9.18 Å². The number of anilines is 1. The van der Waals surface area contributed by atoms with E-state index in [-0.39, 0.29) is 19.1 Å². The number of nitrogens with one attached hydrogen (secondary N) is 1. The molecule has 12 heteroatoms. The monoisotopic (exact) mass is 424 g/mol. The van der Waals surface area contributed by atoms with Crippen molar-refractivity contribution in [3.05, 3.63) is 40.0 Å². The molecule has 2 aromatic heterocycles. The average molecular weight is 424 g/mol. The van der Waals surface area contributed by atoms with Gasteiger partial charge in [-0.15, -0.1) is 0 Å². The number of halogens is 1. The average Bonchev–Trinajstić information content (AvgIpc) is 3.07. The third-order valence-electron chi connectivity index (χ3n) is 5.02. The quantitative estimate of drug-likeness (QED) is 0.463. The standard InChI is InChI=1S/C18H25FN6O5/c1-8(2)10-4-12(24(3)23-10)17(28)21-11-7-30-13(15(27)14(11)26)6-25-5-9(19)16(20)22-18(25)29/h4-5,8,11,13-15,26-27H,6-7H2,1-3H3,(H,21,28)(H2,20,22,29)/t11-,13-,14+,15-/m1/s1. The fraction of sp³-hybridized carbons (Fsp3) is 0.556. The molecule has 1 amide bonds. The van der Waals surface area contributed by atoms with Crippen molar-refractivity contribution in [1.82, 2.24) is 24.6 Å². The predicted octanol–water partition coefficient (Wildman–Crippen LogP) is -1.26. The highest BCUT2D eigenvalue weighted by Crippen LogP contribution is 2.19. The number of nitrogens with two attached hydrogens (primary N) is 1. The number of nitrogen functional groups attached to an aromatic ring is 1. The van der Waals surface area contributed by atoms with Crippen LogP contribution in [0, 0.1) is 5.82 Å². The summed E-state index contributed by atoms with van der Waals surface area (Å²) in [5, 5.41) is 27.8. The fourth-order valence-electron chi connectivity index (χ4n) is 3.20. The van der Waals surface area contributed by atoms with Crippen LogP contribution >= 0.6 is 0 Å². The summed E-state index contributed by atoms with van der Waals surface area (Å²) in [6, 6.07) is 0.767. The Bertz CT molecular complexity index is 990. The second-order valence-corrected chi connectivity index (χ2v) is 7.57. The number of hydrogen-bond acceptors (Lipinski definition) is 8. The smallest absolute Gasteiger partial charge is 0.349 e. The highest BCUT2D eigenvalue weighted by Gasteiger charge is 2.39. The molecule has 0 unspecified atom stereocenters. The number of nitrogens with zero attached hydrogens (tertiary/aromatic N) is 4. The van der Waals surface area contributed by atoms with Crippen molar-refractivity contribution < 1.29 is 24.1 Å². The van der Waals surface area contributed by atoms with E-state index in [1.165, 1.54) is 4.68 Å². The van der Waals surface area contributed by atoms with Crippen LogP contribution in [-0.2, 0) is 18.3 Å². The fourth-order valence-corrected chi connectivity index (χ4v) is 3.20. The van der Waals surface area contributed by atoms with Gasteiger partial charge in [-0.3, -0.25) is 14.0 Å². The molecule has 1 fully saturated rings. The maximum Gasteiger partial charge on any atom is 0.349 e. The van der Waals surface area contributed by atoms with E-state index in [0.717, 1.165) is 16.5 Å². The first-order valence-corrected chi connectivity index (χ1v) is 9.43. The zero-order valence-electron chi connectivity index (χ0n) is 16.8. The number of amides is 1. The minimum Gasteiger partial charge on any atom is -0.388 e. The van der Waals surface area contributed by atoms with Gasteiger partial charge in [0.05, 0.1) is 24.9 Å². The van der Waals surface area contributed by atoms with Crippen LogP contribution in [0.5, 0.6) is 0 Å². The van der Waals surface area contributed by atoms with Crippen molar-refractivity contribution in [3.8, 4) is 0 Å². The van der Waals surface area contributed by atoms with Gasteiger partial charge in [0.2, 0.25) is 0 Å². The second-order valence-electron chi connectivity index (χ2n) is 7.57. The van der Waals surface area contributed by atoms with E-state index in [1.807, 2.05) is 13.8 Å². The lowest BCUT2D eigenvalue weighted by Gasteiger charge is -2.38. The van der Waals surface area contributed by atoms with Crippen molar-refractivity contribution in [2.75, 3.05) is 12.3 Å². The number of hydrogen-bond donors (Lipinski definition) is 4. The van der Waals surface area contributed by atoms with Crippen LogP contribution in [-0.4, -0.2) is 66.4 Å². The van der Waals surface area contributed by atoms with Crippen molar-refractivity contribution in [2.24, 2.45) is 7.05 Å². The van der Waals surface area contributed by atoms with Gasteiger partial charge < -0.3 is 26.0 Å². The van der Waals surface area contributed by atoms with Crippen LogP contribution in [0.1, 0.15) is 35.9 Å². The number of aliphatic hydroxyl groups is 2. The third-order valence-corrected chi connectivity index (χ3v) is 5.02. The molecule has 5 N–H and O–H groups in total. The van der Waals surface area contributed by atoms with Crippen LogP contribution in [0.25, 0.3) is 0 Å². The number of aryl methyl sites for hydroxylation is 1. The van der Waals surface area contributed by atoms with Gasteiger partial charge in [0.25, 0.3) is 5.91 Å². The Labute approximate surface area is 171 Å². The van der Waals surface area contributed by atoms with Crippen LogP contribution in [0.3, 0.4) is 0 Å². The molecule has 0 spiro atoms. The van der Waals surface area contributed by atoms with E-state index >= 15 is 0 Å². The molecule has 1 saturated heterocycles. The molecule has 3 heterocycles. The van der Waals surface area contributed by atoms with Gasteiger partial charge in [-0.1, -0.05) is 13.8 Å². The molecular weight excluding hydrogens is 399 g/mol. The first kappa shape index (κ1) is 21.9. The van der Waals surface area contributed by atoms with Gasteiger partial charge in [-0.2, -0.15) is 10.1 Å². The zero-order chi connectivity index (χ0) is 22.2. The SMILES string of the molecule is CC(C)c1cc(C(=O)N[C@@H]2CO[C@H](Cn3cc(F)c(N)nc3=O)[C@@H](O)[C@H]2O)n(C)n1. The lowest BCUT2D eigenvalue weighted by Crippen LogP contribution is -2.60. The normalized spacial score (nSPS) is 24.2. The summed E-state index contributed by atoms with van der Waals surface area (Å²) in [4.78, 5) is 27.8. The number of carbonyl (C=O) groups excluding carboxylic acids is 1. The molecule has 0 aromatic carbocycles. The van der Waals surface area contributed by atoms with Crippen molar-refractivity contribution >= 4 is 11.7 Å². The van der Waals surface area contributed by atoms with E-state index < -0.39 is 47.6 Å². The first-order valence-electron chi connectivity index (χ1n) is 9.43. The van der Waals surface area contributed by atoms with Gasteiger partial charge >= 0.3 is 5.69 Å². The Hall–Kier alpha value is -2.83. The molecule has 0 saturated carbocycles. The highest BCUT2D eigenvalue weighted by molar-refractivity contribution is 5.93. The molecule has 30 heavy (non-hydrogen) atoms. The molecule has 1 aliphatic heterocycles. The Balaban J connectivity index is 1.67. The maximum absolute atomic E-state index is 13.6. The van der Waals surface area contributed by atoms with Gasteiger partial charge in [0.15, 0.2) is 11.6 Å². The van der Waals surface area contributed by atoms with E-state index in [9.17, 15) is 24.2 Å². The Morgan fingerprint density at radius 1 is 1.43 bits per heavy atom. The van der Waals surface area contributed by atoms with Crippen molar-refractivity contribution in [3.63, 3.8) is 0 Å². The lowest BCUT2D eigenvalue weighted by molar-refractivity contribution is -0.152. The van der Waals surface area contributed by atoms with Gasteiger partial charge in [0.1, 0.15) is 24.0 Å². The molecule has 4 atom stereocenters. The molecular formula is C18H25FN6O5. The van der Waals surface area contributed by atoms with Crippen LogP contribution < -0.4 is 16.7 Å². The minimum atomic E-state index is -1.44. The third kappa shape index (κ3) is 4.35. The molecule has 0 aliphatic carbocycles. The van der Waals surface area contributed by atoms with Crippen molar-refractivity contribution in [2.45, 2.75) is 50.7 Å². The maximum atomic E-state index is 13.6. The van der Waals surface area contributed by atoms with E-state index in [4.69, 9.17) is 10.5 Å². The Kier molecular flexibility index (Phi) is 6.19. The Morgan fingerprint density at radius 3 is 2.77 bits per heavy atom. The molecule has 11 nitrogen and oxygen atoms in total. The number of rotatable bonds is 5. The number of aromatic nitrogens is 4. The van der Waals surface area contributed by atoms with Crippen LogP contribution in [0.4, 0.5) is 10.2 Å². The largest absolute Gasteiger partial charge is 0.388 e. The topological polar surface area (TPSA) is 158 Å². The summed E-state index contributed by atoms with van der Waals surface area (Å²) in [5.41, 5.74) is 5.48. The summed E-state index contributed by atoms with van der Waals surface area (Å²) < 4.78 is 21.4. The molecule has 0 bridgehead atoms. The number of aliphatic hydroxyl groups excluding tert-OH is 2. The second kappa shape index (κ2) is 8.50. The molecule has 0 radical (unpaired) electrons. The lowest BCUT2D eigenvalue weighted by atomic mass is 9.97. The molecule has 1 aliphatic rings. The first-order chi connectivity index (χ1) is 14.1. The summed E-state index contributed by atoms with van der Waals surface area (Å²) in [7, 11) is 1.64. The molecule has 164 valence electrons.